The molecule has 1 heterocycles. The molecule has 1 unspecified atom stereocenters. The average molecular weight is 262 g/mol. The zero-order valence-electron chi connectivity index (χ0n) is 11.4. The molecule has 0 aliphatic carbocycles. The SMILES string of the molecule is Cc1cc(C)c(C(=O)OC2CCN(C)C2=O)cc1N. The molecule has 1 aromatic rings. The number of nitrogen functional groups attached to an aromatic ring is 1. The van der Waals surface area contributed by atoms with Gasteiger partial charge in [0.15, 0.2) is 6.10 Å². The van der Waals surface area contributed by atoms with Crippen molar-refractivity contribution < 1.29 is 14.3 Å². The van der Waals surface area contributed by atoms with Crippen molar-refractivity contribution in [3.05, 3.63) is 28.8 Å². The molecular formula is C14H18N2O3. The molecule has 19 heavy (non-hydrogen) atoms. The number of likely N-dealkylation sites (tertiary alicyclic amines) is 1. The van der Waals surface area contributed by atoms with Crippen molar-refractivity contribution in [3.63, 3.8) is 0 Å². The molecule has 5 heteroatoms. The van der Waals surface area contributed by atoms with Crippen molar-refractivity contribution in [2.45, 2.75) is 26.4 Å². The lowest BCUT2D eigenvalue weighted by Crippen LogP contribution is -2.29. The zero-order valence-corrected chi connectivity index (χ0v) is 11.4. The number of hydrogen-bond acceptors (Lipinski definition) is 4. The number of carbonyl (C=O) groups is 2. The quantitative estimate of drug-likeness (QED) is 0.643. The number of carbonyl (C=O) groups excluding carboxylic acids is 2. The minimum absolute atomic E-state index is 0.147. The van der Waals surface area contributed by atoms with E-state index in [-0.39, 0.29) is 5.91 Å². The lowest BCUT2D eigenvalue weighted by Gasteiger charge is -2.13. The molecule has 1 amide bonds. The number of anilines is 1. The summed E-state index contributed by atoms with van der Waals surface area (Å²) in [6, 6.07) is 3.45. The fraction of sp³-hybridized carbons (Fsp3) is 0.429. The summed E-state index contributed by atoms with van der Waals surface area (Å²) in [5.41, 5.74) is 8.50. The zero-order chi connectivity index (χ0) is 14.2. The van der Waals surface area contributed by atoms with E-state index in [0.29, 0.717) is 24.2 Å². The third-order valence-electron chi connectivity index (χ3n) is 3.46. The van der Waals surface area contributed by atoms with E-state index in [1.165, 1.54) is 0 Å². The van der Waals surface area contributed by atoms with E-state index >= 15 is 0 Å². The van der Waals surface area contributed by atoms with Crippen LogP contribution in [0.25, 0.3) is 0 Å². The Morgan fingerprint density at radius 3 is 2.63 bits per heavy atom. The van der Waals surface area contributed by atoms with Crippen LogP contribution in [0, 0.1) is 13.8 Å². The maximum absolute atomic E-state index is 12.1. The lowest BCUT2D eigenvalue weighted by molar-refractivity contribution is -0.133. The van der Waals surface area contributed by atoms with Gasteiger partial charge in [0.2, 0.25) is 0 Å². The second-order valence-corrected chi connectivity index (χ2v) is 4.97. The van der Waals surface area contributed by atoms with Crippen LogP contribution in [-0.2, 0) is 9.53 Å². The number of esters is 1. The van der Waals surface area contributed by atoms with Crippen LogP contribution in [-0.4, -0.2) is 36.5 Å². The van der Waals surface area contributed by atoms with Gasteiger partial charge in [0.25, 0.3) is 5.91 Å². The first-order chi connectivity index (χ1) is 8.90. The number of aryl methyl sites for hydroxylation is 2. The smallest absolute Gasteiger partial charge is 0.339 e. The molecule has 1 atom stereocenters. The molecule has 0 aromatic heterocycles. The van der Waals surface area contributed by atoms with Crippen LogP contribution < -0.4 is 5.73 Å². The summed E-state index contributed by atoms with van der Waals surface area (Å²) in [6.45, 7) is 4.32. The second-order valence-electron chi connectivity index (χ2n) is 4.97. The van der Waals surface area contributed by atoms with Crippen molar-refractivity contribution in [2.75, 3.05) is 19.3 Å². The van der Waals surface area contributed by atoms with Crippen molar-refractivity contribution >= 4 is 17.6 Å². The summed E-state index contributed by atoms with van der Waals surface area (Å²) in [5, 5.41) is 0. The fourth-order valence-corrected chi connectivity index (χ4v) is 2.18. The molecular weight excluding hydrogens is 244 g/mol. The first kappa shape index (κ1) is 13.4. The molecule has 0 spiro atoms. The molecule has 5 nitrogen and oxygen atoms in total. The number of likely N-dealkylation sites (N-methyl/N-ethyl adjacent to an activating group) is 1. The molecule has 1 aromatic carbocycles. The number of rotatable bonds is 2. The monoisotopic (exact) mass is 262 g/mol. The number of amides is 1. The van der Waals surface area contributed by atoms with Gasteiger partial charge in [0.05, 0.1) is 5.56 Å². The molecule has 0 radical (unpaired) electrons. The van der Waals surface area contributed by atoms with Crippen molar-refractivity contribution in [3.8, 4) is 0 Å². The van der Waals surface area contributed by atoms with Crippen LogP contribution in [0.1, 0.15) is 27.9 Å². The highest BCUT2D eigenvalue weighted by Gasteiger charge is 2.32. The summed E-state index contributed by atoms with van der Waals surface area (Å²) in [7, 11) is 1.70. The Hall–Kier alpha value is -2.04. The third-order valence-corrected chi connectivity index (χ3v) is 3.46. The summed E-state index contributed by atoms with van der Waals surface area (Å²) in [4.78, 5) is 25.4. The van der Waals surface area contributed by atoms with Gasteiger partial charge in [-0.2, -0.15) is 0 Å². The molecule has 1 aliphatic heterocycles. The second kappa shape index (κ2) is 4.91. The minimum atomic E-state index is -0.667. The standard InChI is InChI=1S/C14H18N2O3/c1-8-6-9(2)11(15)7-10(8)14(18)19-12-4-5-16(3)13(12)17/h6-7,12H,4-5,15H2,1-3H3. The van der Waals surface area contributed by atoms with Gasteiger partial charge < -0.3 is 15.4 Å². The first-order valence-corrected chi connectivity index (χ1v) is 6.23. The number of nitrogens with two attached hydrogens (primary N) is 1. The average Bonchev–Trinajstić information content (AvgIpc) is 2.65. The molecule has 0 saturated carbocycles. The van der Waals surface area contributed by atoms with Gasteiger partial charge in [-0.05, 0) is 31.0 Å². The van der Waals surface area contributed by atoms with Gasteiger partial charge in [-0.25, -0.2) is 4.79 Å². The van der Waals surface area contributed by atoms with Crippen LogP contribution >= 0.6 is 0 Å². The molecule has 2 rings (SSSR count). The van der Waals surface area contributed by atoms with Crippen LogP contribution in [0.3, 0.4) is 0 Å². The molecule has 1 saturated heterocycles. The van der Waals surface area contributed by atoms with E-state index in [9.17, 15) is 9.59 Å². The van der Waals surface area contributed by atoms with E-state index in [2.05, 4.69) is 0 Å². The Morgan fingerprint density at radius 1 is 1.37 bits per heavy atom. The number of benzene rings is 1. The first-order valence-electron chi connectivity index (χ1n) is 6.23. The molecule has 1 aliphatic rings. The van der Waals surface area contributed by atoms with Crippen LogP contribution in [0.15, 0.2) is 12.1 Å². The van der Waals surface area contributed by atoms with Crippen molar-refractivity contribution in [1.82, 2.24) is 4.90 Å². The maximum Gasteiger partial charge on any atom is 0.339 e. The fourth-order valence-electron chi connectivity index (χ4n) is 2.18. The summed E-state index contributed by atoms with van der Waals surface area (Å²) >= 11 is 0. The van der Waals surface area contributed by atoms with E-state index in [1.54, 1.807) is 18.0 Å². The van der Waals surface area contributed by atoms with Crippen molar-refractivity contribution in [1.29, 1.82) is 0 Å². The van der Waals surface area contributed by atoms with E-state index < -0.39 is 12.1 Å². The molecule has 2 N–H and O–H groups in total. The Kier molecular flexibility index (Phi) is 3.46. The predicted molar refractivity (Wildman–Crippen MR) is 71.8 cm³/mol. The molecule has 102 valence electrons. The van der Waals surface area contributed by atoms with Crippen LogP contribution in [0.4, 0.5) is 5.69 Å². The van der Waals surface area contributed by atoms with Gasteiger partial charge >= 0.3 is 5.97 Å². The van der Waals surface area contributed by atoms with Gasteiger partial charge in [-0.3, -0.25) is 4.79 Å². The molecule has 0 bridgehead atoms. The maximum atomic E-state index is 12.1. The Balaban J connectivity index is 2.17. The lowest BCUT2D eigenvalue weighted by atomic mass is 10.0. The number of nitrogens with zero attached hydrogens (tertiary/aromatic N) is 1. The van der Waals surface area contributed by atoms with Gasteiger partial charge in [-0.15, -0.1) is 0 Å². The Labute approximate surface area is 112 Å². The summed E-state index contributed by atoms with van der Waals surface area (Å²) in [6.07, 6.45) is -0.124. The van der Waals surface area contributed by atoms with Gasteiger partial charge in [-0.1, -0.05) is 6.07 Å². The van der Waals surface area contributed by atoms with Crippen molar-refractivity contribution in [2.24, 2.45) is 0 Å². The highest BCUT2D eigenvalue weighted by Crippen LogP contribution is 2.21. The number of ether oxygens (including phenoxy) is 1. The van der Waals surface area contributed by atoms with E-state index in [4.69, 9.17) is 10.5 Å². The highest BCUT2D eigenvalue weighted by atomic mass is 16.5. The van der Waals surface area contributed by atoms with E-state index in [1.807, 2.05) is 19.9 Å². The van der Waals surface area contributed by atoms with Crippen LogP contribution in [0.5, 0.6) is 0 Å². The Bertz CT molecular complexity index is 540. The van der Waals surface area contributed by atoms with Gasteiger partial charge in [0.1, 0.15) is 0 Å². The van der Waals surface area contributed by atoms with Gasteiger partial charge in [0, 0.05) is 25.7 Å². The minimum Gasteiger partial charge on any atom is -0.449 e. The normalized spacial score (nSPS) is 18.8. The highest BCUT2D eigenvalue weighted by molar-refractivity contribution is 5.95. The third kappa shape index (κ3) is 2.54. The number of hydrogen-bond donors (Lipinski definition) is 1. The predicted octanol–water partition coefficient (Wildman–Crippen LogP) is 1.27. The topological polar surface area (TPSA) is 72.6 Å². The summed E-state index contributed by atoms with van der Waals surface area (Å²) < 4.78 is 5.27. The Morgan fingerprint density at radius 2 is 2.05 bits per heavy atom. The van der Waals surface area contributed by atoms with Crippen LogP contribution in [0.2, 0.25) is 0 Å². The summed E-state index contributed by atoms with van der Waals surface area (Å²) in [5.74, 6) is -0.635. The largest absolute Gasteiger partial charge is 0.449 e. The molecule has 1 fully saturated rings. The van der Waals surface area contributed by atoms with E-state index in [0.717, 1.165) is 11.1 Å².